The van der Waals surface area contributed by atoms with Crippen LogP contribution in [0, 0.1) is 11.8 Å². The first kappa shape index (κ1) is 17.0. The van der Waals surface area contributed by atoms with E-state index in [9.17, 15) is 14.7 Å². The zero-order valence-corrected chi connectivity index (χ0v) is 13.1. The first-order chi connectivity index (χ1) is 9.32. The summed E-state index contributed by atoms with van der Waals surface area (Å²) in [5.41, 5.74) is 0. The van der Waals surface area contributed by atoms with E-state index in [0.29, 0.717) is 6.42 Å². The molecule has 0 saturated carbocycles. The second-order valence-electron chi connectivity index (χ2n) is 6.46. The van der Waals surface area contributed by atoms with Crippen molar-refractivity contribution in [2.75, 3.05) is 13.1 Å². The van der Waals surface area contributed by atoms with E-state index in [2.05, 4.69) is 10.2 Å². The van der Waals surface area contributed by atoms with Gasteiger partial charge in [-0.3, -0.25) is 9.69 Å². The smallest absolute Gasteiger partial charge is 0.326 e. The van der Waals surface area contributed by atoms with Crippen LogP contribution in [0.15, 0.2) is 0 Å². The first-order valence-corrected chi connectivity index (χ1v) is 7.60. The molecule has 20 heavy (non-hydrogen) atoms. The molecule has 1 rings (SSSR count). The van der Waals surface area contributed by atoms with E-state index in [0.717, 1.165) is 25.9 Å². The predicted octanol–water partition coefficient (Wildman–Crippen LogP) is 1.72. The number of aliphatic carboxylic acids is 1. The van der Waals surface area contributed by atoms with Gasteiger partial charge in [-0.1, -0.05) is 27.7 Å². The van der Waals surface area contributed by atoms with Crippen molar-refractivity contribution in [1.29, 1.82) is 0 Å². The van der Waals surface area contributed by atoms with Crippen molar-refractivity contribution >= 4 is 11.9 Å². The molecule has 2 N–H and O–H groups in total. The van der Waals surface area contributed by atoms with Gasteiger partial charge in [-0.2, -0.15) is 0 Å². The van der Waals surface area contributed by atoms with Crippen LogP contribution < -0.4 is 5.32 Å². The SMILES string of the molecule is CC(C)CC(NC(=O)C(C(C)C)N1CCCC1)C(=O)O. The van der Waals surface area contributed by atoms with Crippen LogP contribution in [0.25, 0.3) is 0 Å². The Morgan fingerprint density at radius 3 is 2.10 bits per heavy atom. The number of rotatable bonds is 7. The molecule has 1 fully saturated rings. The number of amides is 1. The highest BCUT2D eigenvalue weighted by molar-refractivity contribution is 5.87. The van der Waals surface area contributed by atoms with Gasteiger partial charge in [0, 0.05) is 0 Å². The largest absolute Gasteiger partial charge is 0.480 e. The average Bonchev–Trinajstić information content (AvgIpc) is 2.80. The van der Waals surface area contributed by atoms with E-state index in [1.54, 1.807) is 0 Å². The molecule has 2 atom stereocenters. The molecule has 0 bridgehead atoms. The van der Waals surface area contributed by atoms with E-state index >= 15 is 0 Å². The maximum atomic E-state index is 12.5. The molecule has 0 spiro atoms. The minimum atomic E-state index is -0.948. The lowest BCUT2D eigenvalue weighted by Crippen LogP contribution is -2.53. The van der Waals surface area contributed by atoms with Crippen molar-refractivity contribution in [2.45, 2.75) is 59.0 Å². The number of nitrogens with one attached hydrogen (secondary N) is 1. The molecule has 0 aromatic heterocycles. The predicted molar refractivity (Wildman–Crippen MR) is 78.5 cm³/mol. The highest BCUT2D eigenvalue weighted by atomic mass is 16.4. The number of carboxylic acids is 1. The zero-order valence-electron chi connectivity index (χ0n) is 13.1. The Bertz CT molecular complexity index is 336. The molecule has 5 heteroatoms. The summed E-state index contributed by atoms with van der Waals surface area (Å²) < 4.78 is 0. The number of likely N-dealkylation sites (tertiary alicyclic amines) is 1. The van der Waals surface area contributed by atoms with Crippen LogP contribution in [-0.4, -0.2) is 47.1 Å². The van der Waals surface area contributed by atoms with Gasteiger partial charge in [0.05, 0.1) is 6.04 Å². The number of carboxylic acid groups (broad SMARTS) is 1. The van der Waals surface area contributed by atoms with Gasteiger partial charge in [-0.25, -0.2) is 4.79 Å². The second-order valence-corrected chi connectivity index (χ2v) is 6.46. The fourth-order valence-electron chi connectivity index (χ4n) is 2.86. The van der Waals surface area contributed by atoms with Gasteiger partial charge in [0.15, 0.2) is 0 Å². The Morgan fingerprint density at radius 2 is 1.70 bits per heavy atom. The summed E-state index contributed by atoms with van der Waals surface area (Å²) in [6.07, 6.45) is 2.70. The van der Waals surface area contributed by atoms with Crippen LogP contribution in [0.4, 0.5) is 0 Å². The summed E-state index contributed by atoms with van der Waals surface area (Å²) >= 11 is 0. The minimum absolute atomic E-state index is 0.144. The van der Waals surface area contributed by atoms with Gasteiger partial charge in [-0.15, -0.1) is 0 Å². The van der Waals surface area contributed by atoms with Gasteiger partial charge < -0.3 is 10.4 Å². The highest BCUT2D eigenvalue weighted by Crippen LogP contribution is 2.18. The molecule has 1 aliphatic heterocycles. The summed E-state index contributed by atoms with van der Waals surface area (Å²) in [7, 11) is 0. The molecule has 1 saturated heterocycles. The summed E-state index contributed by atoms with van der Waals surface area (Å²) in [6, 6.07) is -1.00. The highest BCUT2D eigenvalue weighted by Gasteiger charge is 2.33. The van der Waals surface area contributed by atoms with Crippen LogP contribution >= 0.6 is 0 Å². The number of carbonyl (C=O) groups excluding carboxylic acids is 1. The van der Waals surface area contributed by atoms with Gasteiger partial charge >= 0.3 is 5.97 Å². The third-order valence-corrected chi connectivity index (χ3v) is 3.76. The Balaban J connectivity index is 2.70. The Morgan fingerprint density at radius 1 is 1.15 bits per heavy atom. The van der Waals surface area contributed by atoms with Crippen molar-refractivity contribution in [3.8, 4) is 0 Å². The molecule has 116 valence electrons. The van der Waals surface area contributed by atoms with Gasteiger partial charge in [0.2, 0.25) is 5.91 Å². The summed E-state index contributed by atoms with van der Waals surface area (Å²) in [5.74, 6) is -0.673. The van der Waals surface area contributed by atoms with E-state index in [4.69, 9.17) is 0 Å². The molecule has 5 nitrogen and oxygen atoms in total. The van der Waals surface area contributed by atoms with Crippen molar-refractivity contribution in [2.24, 2.45) is 11.8 Å². The number of hydrogen-bond acceptors (Lipinski definition) is 3. The zero-order chi connectivity index (χ0) is 15.3. The fourth-order valence-corrected chi connectivity index (χ4v) is 2.86. The van der Waals surface area contributed by atoms with Crippen molar-refractivity contribution in [3.63, 3.8) is 0 Å². The molecule has 0 aliphatic carbocycles. The van der Waals surface area contributed by atoms with Crippen molar-refractivity contribution < 1.29 is 14.7 Å². The molecular weight excluding hydrogens is 256 g/mol. The summed E-state index contributed by atoms with van der Waals surface area (Å²) in [5, 5.41) is 12.0. The van der Waals surface area contributed by atoms with Crippen LogP contribution in [0.2, 0.25) is 0 Å². The molecule has 2 unspecified atom stereocenters. The van der Waals surface area contributed by atoms with Crippen molar-refractivity contribution in [1.82, 2.24) is 10.2 Å². The third kappa shape index (κ3) is 4.78. The Kier molecular flexibility index (Phi) is 6.46. The van der Waals surface area contributed by atoms with Crippen molar-refractivity contribution in [3.05, 3.63) is 0 Å². The van der Waals surface area contributed by atoms with E-state index in [1.807, 2.05) is 27.7 Å². The van der Waals surface area contributed by atoms with Crippen LogP contribution in [0.3, 0.4) is 0 Å². The molecule has 1 heterocycles. The second kappa shape index (κ2) is 7.62. The number of carbonyl (C=O) groups is 2. The van der Waals surface area contributed by atoms with Gasteiger partial charge in [0.1, 0.15) is 6.04 Å². The van der Waals surface area contributed by atoms with Crippen LogP contribution in [0.1, 0.15) is 47.0 Å². The Labute approximate surface area is 121 Å². The monoisotopic (exact) mass is 284 g/mol. The molecular formula is C15H28N2O3. The molecule has 0 aromatic rings. The fraction of sp³-hybridized carbons (Fsp3) is 0.867. The van der Waals surface area contributed by atoms with Crippen LogP contribution in [-0.2, 0) is 9.59 Å². The quantitative estimate of drug-likeness (QED) is 0.747. The molecule has 0 radical (unpaired) electrons. The standard InChI is InChI=1S/C15H28N2O3/c1-10(2)9-12(15(19)20)16-14(18)13(11(3)4)17-7-5-6-8-17/h10-13H,5-9H2,1-4H3,(H,16,18)(H,19,20). The van der Waals surface area contributed by atoms with E-state index in [1.165, 1.54) is 0 Å². The summed E-state index contributed by atoms with van der Waals surface area (Å²) in [6.45, 7) is 9.81. The van der Waals surface area contributed by atoms with E-state index in [-0.39, 0.29) is 23.8 Å². The minimum Gasteiger partial charge on any atom is -0.480 e. The van der Waals surface area contributed by atoms with Gasteiger partial charge in [-0.05, 0) is 44.2 Å². The molecule has 0 aromatic carbocycles. The van der Waals surface area contributed by atoms with E-state index < -0.39 is 12.0 Å². The molecule has 1 aliphatic rings. The lowest BCUT2D eigenvalue weighted by atomic mass is 9.99. The lowest BCUT2D eigenvalue weighted by molar-refractivity contribution is -0.143. The first-order valence-electron chi connectivity index (χ1n) is 7.60. The number of nitrogens with zero attached hydrogens (tertiary/aromatic N) is 1. The van der Waals surface area contributed by atoms with Crippen LogP contribution in [0.5, 0.6) is 0 Å². The maximum absolute atomic E-state index is 12.5. The lowest BCUT2D eigenvalue weighted by Gasteiger charge is -2.31. The molecule has 1 amide bonds. The normalized spacial score (nSPS) is 19.3. The topological polar surface area (TPSA) is 69.6 Å². The summed E-state index contributed by atoms with van der Waals surface area (Å²) in [4.78, 5) is 25.9. The average molecular weight is 284 g/mol. The number of hydrogen-bond donors (Lipinski definition) is 2. The maximum Gasteiger partial charge on any atom is 0.326 e. The third-order valence-electron chi connectivity index (χ3n) is 3.76. The Hall–Kier alpha value is -1.10. The van der Waals surface area contributed by atoms with Gasteiger partial charge in [0.25, 0.3) is 0 Å².